The van der Waals surface area contributed by atoms with Crippen LogP contribution in [0, 0.1) is 0 Å². The predicted molar refractivity (Wildman–Crippen MR) is 69.2 cm³/mol. The predicted octanol–water partition coefficient (Wildman–Crippen LogP) is 1.77. The van der Waals surface area contributed by atoms with Gasteiger partial charge in [0.25, 0.3) is 0 Å². The van der Waals surface area contributed by atoms with E-state index in [1.165, 1.54) is 58.0 Å². The minimum Gasteiger partial charge on any atom is -0.381 e. The first kappa shape index (κ1) is 11.9. The largest absolute Gasteiger partial charge is 0.381 e. The van der Waals surface area contributed by atoms with Gasteiger partial charge in [-0.05, 0) is 44.9 Å². The number of methoxy groups -OCH3 is 1. The Morgan fingerprint density at radius 1 is 0.941 bits per heavy atom. The first-order valence-electron chi connectivity index (χ1n) is 7.38. The SMILES string of the molecule is COC1CCC(NC2CCN(C3CC3)C2)CC1. The maximum Gasteiger partial charge on any atom is 0.0572 e. The number of rotatable bonds is 4. The highest BCUT2D eigenvalue weighted by atomic mass is 16.5. The third-order valence-electron chi connectivity index (χ3n) is 4.76. The molecular weight excluding hydrogens is 212 g/mol. The fourth-order valence-electron chi connectivity index (χ4n) is 3.49. The molecule has 3 nitrogen and oxygen atoms in total. The van der Waals surface area contributed by atoms with Crippen molar-refractivity contribution in [2.45, 2.75) is 69.2 Å². The van der Waals surface area contributed by atoms with Gasteiger partial charge in [0.1, 0.15) is 0 Å². The van der Waals surface area contributed by atoms with Crippen molar-refractivity contribution >= 4 is 0 Å². The molecule has 3 fully saturated rings. The van der Waals surface area contributed by atoms with Gasteiger partial charge in [0.05, 0.1) is 6.10 Å². The summed E-state index contributed by atoms with van der Waals surface area (Å²) in [7, 11) is 1.85. The van der Waals surface area contributed by atoms with E-state index in [0.29, 0.717) is 6.10 Å². The van der Waals surface area contributed by atoms with Gasteiger partial charge in [0.2, 0.25) is 0 Å². The van der Waals surface area contributed by atoms with Crippen molar-refractivity contribution in [1.82, 2.24) is 10.2 Å². The molecule has 0 bridgehead atoms. The summed E-state index contributed by atoms with van der Waals surface area (Å²) in [5.41, 5.74) is 0. The molecule has 0 aromatic heterocycles. The van der Waals surface area contributed by atoms with Gasteiger partial charge in [-0.15, -0.1) is 0 Å². The van der Waals surface area contributed by atoms with Gasteiger partial charge in [0.15, 0.2) is 0 Å². The number of ether oxygens (including phenoxy) is 1. The Kier molecular flexibility index (Phi) is 3.69. The Balaban J connectivity index is 1.39. The van der Waals surface area contributed by atoms with Gasteiger partial charge in [-0.3, -0.25) is 4.90 Å². The van der Waals surface area contributed by atoms with E-state index >= 15 is 0 Å². The van der Waals surface area contributed by atoms with E-state index < -0.39 is 0 Å². The lowest BCUT2D eigenvalue weighted by Gasteiger charge is -2.30. The molecule has 1 saturated heterocycles. The number of nitrogens with one attached hydrogen (secondary N) is 1. The van der Waals surface area contributed by atoms with Gasteiger partial charge in [0, 0.05) is 38.3 Å². The van der Waals surface area contributed by atoms with Crippen molar-refractivity contribution in [3.05, 3.63) is 0 Å². The van der Waals surface area contributed by atoms with Crippen LogP contribution < -0.4 is 5.32 Å². The molecule has 1 atom stereocenters. The van der Waals surface area contributed by atoms with E-state index in [0.717, 1.165) is 18.1 Å². The van der Waals surface area contributed by atoms with Crippen LogP contribution in [0.2, 0.25) is 0 Å². The summed E-state index contributed by atoms with van der Waals surface area (Å²) >= 11 is 0. The molecule has 0 radical (unpaired) electrons. The van der Waals surface area contributed by atoms with Gasteiger partial charge < -0.3 is 10.1 Å². The van der Waals surface area contributed by atoms with Crippen molar-refractivity contribution in [3.8, 4) is 0 Å². The van der Waals surface area contributed by atoms with Gasteiger partial charge in [-0.25, -0.2) is 0 Å². The molecule has 0 aromatic rings. The molecule has 98 valence electrons. The summed E-state index contributed by atoms with van der Waals surface area (Å²) in [6.45, 7) is 2.63. The summed E-state index contributed by atoms with van der Waals surface area (Å²) in [5.74, 6) is 0. The molecule has 3 heteroatoms. The highest BCUT2D eigenvalue weighted by molar-refractivity contribution is 4.93. The molecule has 1 N–H and O–H groups in total. The zero-order valence-electron chi connectivity index (χ0n) is 11.0. The fraction of sp³-hybridized carbons (Fsp3) is 1.00. The zero-order chi connectivity index (χ0) is 11.7. The van der Waals surface area contributed by atoms with E-state index in [-0.39, 0.29) is 0 Å². The van der Waals surface area contributed by atoms with Crippen molar-refractivity contribution in [3.63, 3.8) is 0 Å². The van der Waals surface area contributed by atoms with E-state index in [1.54, 1.807) is 0 Å². The summed E-state index contributed by atoms with van der Waals surface area (Å²) < 4.78 is 5.43. The van der Waals surface area contributed by atoms with Crippen LogP contribution in [0.4, 0.5) is 0 Å². The minimum absolute atomic E-state index is 0.527. The average molecular weight is 238 g/mol. The summed E-state index contributed by atoms with van der Waals surface area (Å²) in [6.07, 6.45) is 9.88. The quantitative estimate of drug-likeness (QED) is 0.808. The van der Waals surface area contributed by atoms with Crippen LogP contribution >= 0.6 is 0 Å². The molecule has 0 amide bonds. The molecule has 1 heterocycles. The van der Waals surface area contributed by atoms with Crippen LogP contribution in [0.1, 0.15) is 44.9 Å². The number of hydrogen-bond acceptors (Lipinski definition) is 3. The van der Waals surface area contributed by atoms with E-state index in [9.17, 15) is 0 Å². The molecular formula is C14H26N2O. The van der Waals surface area contributed by atoms with Gasteiger partial charge in [-0.1, -0.05) is 0 Å². The second kappa shape index (κ2) is 5.25. The Labute approximate surface area is 105 Å². The third kappa shape index (κ3) is 3.01. The lowest BCUT2D eigenvalue weighted by atomic mass is 9.92. The number of hydrogen-bond donors (Lipinski definition) is 1. The highest BCUT2D eigenvalue weighted by Crippen LogP contribution is 2.30. The maximum atomic E-state index is 5.43. The Hall–Kier alpha value is -0.120. The summed E-state index contributed by atoms with van der Waals surface area (Å²) in [4.78, 5) is 2.69. The highest BCUT2D eigenvalue weighted by Gasteiger charge is 2.35. The Morgan fingerprint density at radius 3 is 2.35 bits per heavy atom. The van der Waals surface area contributed by atoms with Gasteiger partial charge >= 0.3 is 0 Å². The standard InChI is InChI=1S/C14H26N2O/c1-17-14-6-2-11(3-7-14)15-12-8-9-16(10-12)13-4-5-13/h11-15H,2-10H2,1H3. The molecule has 0 spiro atoms. The topological polar surface area (TPSA) is 24.5 Å². The van der Waals surface area contributed by atoms with Crippen LogP contribution in [0.5, 0.6) is 0 Å². The molecule has 2 aliphatic carbocycles. The third-order valence-corrected chi connectivity index (χ3v) is 4.76. The van der Waals surface area contributed by atoms with Crippen LogP contribution in [0.25, 0.3) is 0 Å². The molecule has 0 aromatic carbocycles. The summed E-state index contributed by atoms with van der Waals surface area (Å²) in [5, 5.41) is 3.88. The van der Waals surface area contributed by atoms with Crippen LogP contribution in [-0.2, 0) is 4.74 Å². The molecule has 17 heavy (non-hydrogen) atoms. The van der Waals surface area contributed by atoms with Crippen LogP contribution in [0.3, 0.4) is 0 Å². The average Bonchev–Trinajstić information content (AvgIpc) is 3.12. The zero-order valence-corrected chi connectivity index (χ0v) is 11.0. The first-order valence-corrected chi connectivity index (χ1v) is 7.38. The van der Waals surface area contributed by atoms with Crippen molar-refractivity contribution < 1.29 is 4.74 Å². The normalized spacial score (nSPS) is 39.7. The van der Waals surface area contributed by atoms with Gasteiger partial charge in [-0.2, -0.15) is 0 Å². The second-order valence-electron chi connectivity index (χ2n) is 6.09. The Morgan fingerprint density at radius 2 is 1.71 bits per heavy atom. The molecule has 2 saturated carbocycles. The molecule has 3 aliphatic rings. The molecule has 1 unspecified atom stereocenters. The van der Waals surface area contributed by atoms with Crippen LogP contribution in [-0.4, -0.2) is 49.3 Å². The van der Waals surface area contributed by atoms with Crippen molar-refractivity contribution in [2.24, 2.45) is 0 Å². The lowest BCUT2D eigenvalue weighted by molar-refractivity contribution is 0.0612. The lowest BCUT2D eigenvalue weighted by Crippen LogP contribution is -2.43. The first-order chi connectivity index (χ1) is 8.35. The summed E-state index contributed by atoms with van der Waals surface area (Å²) in [6, 6.07) is 2.47. The smallest absolute Gasteiger partial charge is 0.0572 e. The van der Waals surface area contributed by atoms with E-state index in [1.807, 2.05) is 7.11 Å². The monoisotopic (exact) mass is 238 g/mol. The van der Waals surface area contributed by atoms with E-state index in [2.05, 4.69) is 10.2 Å². The molecule has 1 aliphatic heterocycles. The van der Waals surface area contributed by atoms with E-state index in [4.69, 9.17) is 4.74 Å². The number of likely N-dealkylation sites (tertiary alicyclic amines) is 1. The minimum atomic E-state index is 0.527. The fourth-order valence-corrected chi connectivity index (χ4v) is 3.49. The van der Waals surface area contributed by atoms with Crippen molar-refractivity contribution in [2.75, 3.05) is 20.2 Å². The molecule has 3 rings (SSSR count). The second-order valence-corrected chi connectivity index (χ2v) is 6.09. The Bertz CT molecular complexity index is 247. The van der Waals surface area contributed by atoms with Crippen LogP contribution in [0.15, 0.2) is 0 Å². The maximum absolute atomic E-state index is 5.43. The van der Waals surface area contributed by atoms with Crippen molar-refractivity contribution in [1.29, 1.82) is 0 Å². The number of nitrogens with zero attached hydrogens (tertiary/aromatic N) is 1.